The third-order valence-corrected chi connectivity index (χ3v) is 4.41. The van der Waals surface area contributed by atoms with Crippen molar-refractivity contribution < 1.29 is 13.9 Å². The molecule has 130 valence electrons. The molecule has 4 heteroatoms. The van der Waals surface area contributed by atoms with Gasteiger partial charge in [0.2, 0.25) is 0 Å². The number of aryl methyl sites for hydroxylation is 1. The van der Waals surface area contributed by atoms with Gasteiger partial charge in [0.15, 0.2) is 0 Å². The second-order valence-electron chi connectivity index (χ2n) is 6.16. The number of hydrogen-bond donors (Lipinski definition) is 0. The molecule has 0 aliphatic heterocycles. The van der Waals surface area contributed by atoms with Gasteiger partial charge in [-0.05, 0) is 37.1 Å². The molecule has 1 unspecified atom stereocenters. The monoisotopic (exact) mass is 339 g/mol. The van der Waals surface area contributed by atoms with Gasteiger partial charge in [0.05, 0.1) is 12.3 Å². The normalized spacial score (nSPS) is 16.6. The molecule has 3 rings (SSSR count). The van der Waals surface area contributed by atoms with Crippen LogP contribution in [0.5, 0.6) is 0 Å². The largest absolute Gasteiger partial charge is 0.465 e. The van der Waals surface area contributed by atoms with Crippen LogP contribution < -0.4 is 0 Å². The average Bonchev–Trinajstić information content (AvgIpc) is 2.92. The fourth-order valence-corrected chi connectivity index (χ4v) is 3.30. The lowest BCUT2D eigenvalue weighted by Crippen LogP contribution is -2.15. The second-order valence-corrected chi connectivity index (χ2v) is 6.16. The highest BCUT2D eigenvalue weighted by Gasteiger charge is 2.23. The van der Waals surface area contributed by atoms with Crippen molar-refractivity contribution in [3.63, 3.8) is 0 Å². The topological polar surface area (TPSA) is 31.2 Å². The molecule has 0 N–H and O–H groups in total. The summed E-state index contributed by atoms with van der Waals surface area (Å²) in [4.78, 5) is 12.1. The molecule has 0 saturated heterocycles. The Kier molecular flexibility index (Phi) is 5.17. The average molecular weight is 339 g/mol. The van der Waals surface area contributed by atoms with Crippen molar-refractivity contribution in [1.29, 1.82) is 0 Å². The summed E-state index contributed by atoms with van der Waals surface area (Å²) in [6.07, 6.45) is 5.62. The van der Waals surface area contributed by atoms with Crippen LogP contribution in [0, 0.1) is 6.92 Å². The first-order chi connectivity index (χ1) is 12.1. The smallest absolute Gasteiger partial charge is 0.325 e. The van der Waals surface area contributed by atoms with Gasteiger partial charge in [-0.3, -0.25) is 4.79 Å². The SMILES string of the molecule is CCOC(=O)Cn1c(C)cc(C2C=CC=C(F)C2)c1-c1ccccc1. The minimum atomic E-state index is -0.268. The zero-order chi connectivity index (χ0) is 17.8. The maximum absolute atomic E-state index is 13.8. The van der Waals surface area contributed by atoms with E-state index in [1.54, 1.807) is 13.0 Å². The first-order valence-corrected chi connectivity index (χ1v) is 8.54. The van der Waals surface area contributed by atoms with Gasteiger partial charge < -0.3 is 9.30 Å². The number of nitrogens with zero attached hydrogens (tertiary/aromatic N) is 1. The number of aromatic nitrogens is 1. The lowest BCUT2D eigenvalue weighted by Gasteiger charge is -2.18. The highest BCUT2D eigenvalue weighted by molar-refractivity contribution is 5.73. The van der Waals surface area contributed by atoms with E-state index in [9.17, 15) is 9.18 Å². The molecule has 25 heavy (non-hydrogen) atoms. The number of carbonyl (C=O) groups excluding carboxylic acids is 1. The van der Waals surface area contributed by atoms with Crippen molar-refractivity contribution in [2.75, 3.05) is 6.61 Å². The maximum atomic E-state index is 13.8. The van der Waals surface area contributed by atoms with Gasteiger partial charge >= 0.3 is 5.97 Å². The Hall–Kier alpha value is -2.62. The summed E-state index contributed by atoms with van der Waals surface area (Å²) < 4.78 is 20.9. The van der Waals surface area contributed by atoms with Gasteiger partial charge in [-0.15, -0.1) is 0 Å². The summed E-state index contributed by atoms with van der Waals surface area (Å²) in [5.74, 6) is -0.431. The van der Waals surface area contributed by atoms with Crippen LogP contribution in [0.2, 0.25) is 0 Å². The van der Waals surface area contributed by atoms with E-state index in [1.807, 2.05) is 47.9 Å². The standard InChI is InChI=1S/C21H22FNO2/c1-3-25-20(24)14-23-15(2)12-19(17-10-7-11-18(22)13-17)21(23)16-8-5-4-6-9-16/h4-12,17H,3,13-14H2,1-2H3. The molecule has 0 bridgehead atoms. The number of benzene rings is 1. The third kappa shape index (κ3) is 3.73. The van der Waals surface area contributed by atoms with E-state index < -0.39 is 0 Å². The number of ether oxygens (including phenoxy) is 1. The van der Waals surface area contributed by atoms with Gasteiger partial charge in [0.1, 0.15) is 12.4 Å². The van der Waals surface area contributed by atoms with Crippen molar-refractivity contribution in [2.24, 2.45) is 0 Å². The Labute approximate surface area is 147 Å². The van der Waals surface area contributed by atoms with Crippen LogP contribution in [0.15, 0.2) is 60.5 Å². The predicted octanol–water partition coefficient (Wildman–Crippen LogP) is 4.92. The summed E-state index contributed by atoms with van der Waals surface area (Å²) in [6.45, 7) is 4.27. The van der Waals surface area contributed by atoms with Crippen LogP contribution >= 0.6 is 0 Å². The Morgan fingerprint density at radius 2 is 2.08 bits per heavy atom. The number of carbonyl (C=O) groups is 1. The van der Waals surface area contributed by atoms with Crippen molar-refractivity contribution in [3.8, 4) is 11.3 Å². The fourth-order valence-electron chi connectivity index (χ4n) is 3.30. The van der Waals surface area contributed by atoms with E-state index in [0.717, 1.165) is 22.5 Å². The molecule has 1 atom stereocenters. The summed E-state index contributed by atoms with van der Waals surface area (Å²) >= 11 is 0. The highest BCUT2D eigenvalue weighted by Crippen LogP contribution is 2.38. The minimum absolute atomic E-state index is 0.0395. The van der Waals surface area contributed by atoms with Crippen molar-refractivity contribution in [1.82, 2.24) is 4.57 Å². The lowest BCUT2D eigenvalue weighted by molar-refractivity contribution is -0.143. The van der Waals surface area contributed by atoms with Crippen LogP contribution in [0.4, 0.5) is 4.39 Å². The van der Waals surface area contributed by atoms with E-state index in [1.165, 1.54) is 6.08 Å². The minimum Gasteiger partial charge on any atom is -0.465 e. The number of allylic oxidation sites excluding steroid dienone is 4. The molecule has 1 aliphatic carbocycles. The van der Waals surface area contributed by atoms with Gasteiger partial charge in [-0.25, -0.2) is 4.39 Å². The van der Waals surface area contributed by atoms with Crippen molar-refractivity contribution in [2.45, 2.75) is 32.7 Å². The lowest BCUT2D eigenvalue weighted by atomic mass is 9.90. The molecule has 3 nitrogen and oxygen atoms in total. The van der Waals surface area contributed by atoms with E-state index in [-0.39, 0.29) is 24.3 Å². The summed E-state index contributed by atoms with van der Waals surface area (Å²) in [6, 6.07) is 12.0. The van der Waals surface area contributed by atoms with Gasteiger partial charge in [0, 0.05) is 18.0 Å². The fraction of sp³-hybridized carbons (Fsp3) is 0.286. The number of esters is 1. The number of hydrogen-bond acceptors (Lipinski definition) is 2. The van der Waals surface area contributed by atoms with E-state index >= 15 is 0 Å². The zero-order valence-electron chi connectivity index (χ0n) is 14.5. The molecule has 1 heterocycles. The first kappa shape index (κ1) is 17.2. The van der Waals surface area contributed by atoms with Crippen LogP contribution in [-0.2, 0) is 16.1 Å². The van der Waals surface area contributed by atoms with Gasteiger partial charge in [-0.1, -0.05) is 42.5 Å². The Morgan fingerprint density at radius 3 is 2.76 bits per heavy atom. The first-order valence-electron chi connectivity index (χ1n) is 8.54. The summed E-state index contributed by atoms with van der Waals surface area (Å²) in [5, 5.41) is 0. The molecule has 0 spiro atoms. The van der Waals surface area contributed by atoms with Crippen molar-refractivity contribution in [3.05, 3.63) is 71.7 Å². The quantitative estimate of drug-likeness (QED) is 0.724. The van der Waals surface area contributed by atoms with E-state index in [4.69, 9.17) is 4.74 Å². The molecular weight excluding hydrogens is 317 g/mol. The summed E-state index contributed by atoms with van der Waals surface area (Å²) in [5.41, 5.74) is 3.96. The van der Waals surface area contributed by atoms with Crippen LogP contribution in [0.1, 0.15) is 30.5 Å². The van der Waals surface area contributed by atoms with Crippen molar-refractivity contribution >= 4 is 5.97 Å². The molecule has 1 aromatic carbocycles. The van der Waals surface area contributed by atoms with E-state index in [0.29, 0.717) is 13.0 Å². The number of halogens is 1. The van der Waals surface area contributed by atoms with Crippen LogP contribution in [0.3, 0.4) is 0 Å². The molecule has 2 aromatic rings. The molecule has 0 saturated carbocycles. The van der Waals surface area contributed by atoms with Gasteiger partial charge in [-0.2, -0.15) is 0 Å². The third-order valence-electron chi connectivity index (χ3n) is 4.41. The number of rotatable bonds is 5. The molecule has 0 amide bonds. The molecule has 1 aromatic heterocycles. The second kappa shape index (κ2) is 7.51. The van der Waals surface area contributed by atoms with E-state index in [2.05, 4.69) is 6.07 Å². The maximum Gasteiger partial charge on any atom is 0.325 e. The Morgan fingerprint density at radius 1 is 1.32 bits per heavy atom. The summed E-state index contributed by atoms with van der Waals surface area (Å²) in [7, 11) is 0. The zero-order valence-corrected chi connectivity index (χ0v) is 14.5. The molecular formula is C21H22FNO2. The Balaban J connectivity index is 2.08. The predicted molar refractivity (Wildman–Crippen MR) is 96.9 cm³/mol. The highest BCUT2D eigenvalue weighted by atomic mass is 19.1. The molecule has 0 fully saturated rings. The van der Waals surface area contributed by atoms with Crippen LogP contribution in [0.25, 0.3) is 11.3 Å². The molecule has 1 aliphatic rings. The molecule has 0 radical (unpaired) electrons. The van der Waals surface area contributed by atoms with Crippen LogP contribution in [-0.4, -0.2) is 17.1 Å². The van der Waals surface area contributed by atoms with Gasteiger partial charge in [0.25, 0.3) is 0 Å². The Bertz CT molecular complexity index is 818.